The summed E-state index contributed by atoms with van der Waals surface area (Å²) in [6, 6.07) is 9.21. The van der Waals surface area contributed by atoms with Crippen LogP contribution in [0.3, 0.4) is 0 Å². The molecule has 8 heteroatoms. The van der Waals surface area contributed by atoms with Crippen molar-refractivity contribution in [3.63, 3.8) is 0 Å². The third-order valence-corrected chi connectivity index (χ3v) is 3.83. The Hall–Kier alpha value is -3.13. The summed E-state index contributed by atoms with van der Waals surface area (Å²) < 4.78 is 3.79. The molecule has 0 radical (unpaired) electrons. The number of hydrogen-bond acceptors (Lipinski definition) is 7. The molecule has 4 N–H and O–H groups in total. The molecule has 0 saturated carbocycles. The number of hydrogen-bond donors (Lipinski definition) is 4. The number of amides is 1. The Morgan fingerprint density at radius 2 is 1.70 bits per heavy atom. The molecule has 0 atom stereocenters. The van der Waals surface area contributed by atoms with Crippen LogP contribution in [0.4, 0.5) is 5.69 Å². The molecule has 1 amide bonds. The summed E-state index contributed by atoms with van der Waals surface area (Å²) in [6.07, 6.45) is 1.65. The van der Waals surface area contributed by atoms with E-state index in [1.54, 1.807) is 18.3 Å². The molecule has 0 aliphatic heterocycles. The van der Waals surface area contributed by atoms with Gasteiger partial charge in [-0.2, -0.15) is 0 Å². The Kier molecular flexibility index (Phi) is 3.82. The lowest BCUT2D eigenvalue weighted by molar-refractivity contribution is 0.102. The minimum atomic E-state index is -0.663. The molecule has 1 heterocycles. The van der Waals surface area contributed by atoms with Gasteiger partial charge in [0.1, 0.15) is 0 Å². The van der Waals surface area contributed by atoms with E-state index >= 15 is 0 Å². The number of aromatic hydroxyl groups is 3. The lowest BCUT2D eigenvalue weighted by Crippen LogP contribution is -2.11. The van der Waals surface area contributed by atoms with E-state index in [0.29, 0.717) is 5.69 Å². The molecule has 0 saturated heterocycles. The molecule has 116 valence electrons. The van der Waals surface area contributed by atoms with Crippen LogP contribution in [0.15, 0.2) is 42.6 Å². The lowest BCUT2D eigenvalue weighted by Gasteiger charge is -2.08. The van der Waals surface area contributed by atoms with Gasteiger partial charge < -0.3 is 20.6 Å². The summed E-state index contributed by atoms with van der Waals surface area (Å²) in [5.74, 6) is -2.32. The van der Waals surface area contributed by atoms with Gasteiger partial charge >= 0.3 is 0 Å². The molecule has 3 aromatic rings. The molecule has 1 aromatic heterocycles. The van der Waals surface area contributed by atoms with Crippen LogP contribution in [0, 0.1) is 0 Å². The van der Waals surface area contributed by atoms with Crippen molar-refractivity contribution >= 4 is 23.1 Å². The maximum atomic E-state index is 12.1. The van der Waals surface area contributed by atoms with E-state index in [1.807, 2.05) is 12.1 Å². The fourth-order valence-electron chi connectivity index (χ4n) is 1.95. The number of rotatable bonds is 3. The molecule has 7 nitrogen and oxygen atoms in total. The Morgan fingerprint density at radius 3 is 2.26 bits per heavy atom. The van der Waals surface area contributed by atoms with Crippen LogP contribution < -0.4 is 5.32 Å². The zero-order valence-corrected chi connectivity index (χ0v) is 12.4. The van der Waals surface area contributed by atoms with Gasteiger partial charge in [-0.25, -0.2) is 0 Å². The second-order valence-corrected chi connectivity index (χ2v) is 5.46. The first-order chi connectivity index (χ1) is 11.0. The molecule has 0 aliphatic rings. The number of nitrogens with one attached hydrogen (secondary N) is 1. The van der Waals surface area contributed by atoms with E-state index in [0.717, 1.165) is 22.6 Å². The molecule has 0 spiro atoms. The highest BCUT2D eigenvalue weighted by atomic mass is 32.1. The zero-order valence-electron chi connectivity index (χ0n) is 11.6. The highest BCUT2D eigenvalue weighted by molar-refractivity contribution is 7.09. The quantitative estimate of drug-likeness (QED) is 0.549. The van der Waals surface area contributed by atoms with Gasteiger partial charge in [-0.05, 0) is 41.4 Å². The summed E-state index contributed by atoms with van der Waals surface area (Å²) in [6.45, 7) is 0. The average Bonchev–Trinajstić information content (AvgIpc) is 3.07. The molecule has 0 unspecified atom stereocenters. The predicted octanol–water partition coefficient (Wildman–Crippen LogP) is 2.57. The number of benzene rings is 2. The third-order valence-electron chi connectivity index (χ3n) is 3.12. The van der Waals surface area contributed by atoms with Crippen LogP contribution in [0.25, 0.3) is 10.4 Å². The Bertz CT molecular complexity index is 825. The van der Waals surface area contributed by atoms with Crippen LogP contribution in [0.1, 0.15) is 10.4 Å². The van der Waals surface area contributed by atoms with Gasteiger partial charge in [-0.3, -0.25) is 4.79 Å². The number of anilines is 1. The maximum absolute atomic E-state index is 12.1. The number of nitrogens with zero attached hydrogens (tertiary/aromatic N) is 2. The summed E-state index contributed by atoms with van der Waals surface area (Å²) >= 11 is 1.27. The fourth-order valence-corrected chi connectivity index (χ4v) is 2.47. The molecule has 2 aromatic carbocycles. The summed E-state index contributed by atoms with van der Waals surface area (Å²) in [7, 11) is 0. The van der Waals surface area contributed by atoms with E-state index in [-0.39, 0.29) is 5.56 Å². The highest BCUT2D eigenvalue weighted by Gasteiger charge is 2.13. The van der Waals surface area contributed by atoms with Gasteiger partial charge in [0.05, 0.1) is 11.1 Å². The van der Waals surface area contributed by atoms with Gasteiger partial charge in [0.2, 0.25) is 0 Å². The van der Waals surface area contributed by atoms with E-state index < -0.39 is 23.2 Å². The van der Waals surface area contributed by atoms with Gasteiger partial charge in [0.15, 0.2) is 17.2 Å². The van der Waals surface area contributed by atoms with Gasteiger partial charge in [-0.1, -0.05) is 16.6 Å². The Morgan fingerprint density at radius 1 is 1.04 bits per heavy atom. The fraction of sp³-hybridized carbons (Fsp3) is 0. The normalized spacial score (nSPS) is 10.4. The van der Waals surface area contributed by atoms with Crippen LogP contribution in [0.5, 0.6) is 17.2 Å². The van der Waals surface area contributed by atoms with Crippen molar-refractivity contribution in [3.05, 3.63) is 48.2 Å². The molecule has 0 bridgehead atoms. The van der Waals surface area contributed by atoms with Crippen LogP contribution in [-0.2, 0) is 0 Å². The van der Waals surface area contributed by atoms with Crippen molar-refractivity contribution in [2.75, 3.05) is 5.32 Å². The van der Waals surface area contributed by atoms with Crippen LogP contribution in [0.2, 0.25) is 0 Å². The summed E-state index contributed by atoms with van der Waals surface area (Å²) in [5, 5.41) is 34.6. The smallest absolute Gasteiger partial charge is 0.255 e. The zero-order chi connectivity index (χ0) is 16.4. The number of aromatic nitrogens is 2. The van der Waals surface area contributed by atoms with Crippen molar-refractivity contribution in [2.45, 2.75) is 0 Å². The number of phenolic OH excluding ortho intramolecular Hbond substituents is 3. The van der Waals surface area contributed by atoms with Crippen LogP contribution in [-0.4, -0.2) is 30.8 Å². The minimum absolute atomic E-state index is 0.0218. The lowest BCUT2D eigenvalue weighted by atomic mass is 10.1. The average molecular weight is 329 g/mol. The monoisotopic (exact) mass is 329 g/mol. The number of carbonyl (C=O) groups excluding carboxylic acids is 1. The van der Waals surface area contributed by atoms with Crippen LogP contribution >= 0.6 is 11.5 Å². The maximum Gasteiger partial charge on any atom is 0.255 e. The predicted molar refractivity (Wildman–Crippen MR) is 84.7 cm³/mol. The van der Waals surface area contributed by atoms with Gasteiger partial charge in [-0.15, -0.1) is 5.10 Å². The first-order valence-electron chi connectivity index (χ1n) is 6.48. The molecular formula is C15H11N3O4S. The molecule has 3 rings (SSSR count). The Labute approximate surface area is 134 Å². The molecule has 23 heavy (non-hydrogen) atoms. The van der Waals surface area contributed by atoms with E-state index in [2.05, 4.69) is 14.9 Å². The molecule has 0 fully saturated rings. The standard InChI is InChI=1S/C15H11N3O4S/c19-11-5-9(6-12(20)14(11)21)15(22)17-10-3-1-8(2-4-10)13-7-16-18-23-13/h1-7,19-21H,(H,17,22). The van der Waals surface area contributed by atoms with Crippen molar-refractivity contribution in [3.8, 4) is 27.7 Å². The van der Waals surface area contributed by atoms with Crippen molar-refractivity contribution < 1.29 is 20.1 Å². The minimum Gasteiger partial charge on any atom is -0.504 e. The molecule has 0 aliphatic carbocycles. The van der Waals surface area contributed by atoms with Crippen molar-refractivity contribution in [1.29, 1.82) is 0 Å². The summed E-state index contributed by atoms with van der Waals surface area (Å²) in [4.78, 5) is 13.0. The Balaban J connectivity index is 1.78. The van der Waals surface area contributed by atoms with Gasteiger partial charge in [0, 0.05) is 11.3 Å². The molecular weight excluding hydrogens is 318 g/mol. The highest BCUT2D eigenvalue weighted by Crippen LogP contribution is 2.35. The van der Waals surface area contributed by atoms with Crippen molar-refractivity contribution in [2.24, 2.45) is 0 Å². The van der Waals surface area contributed by atoms with Gasteiger partial charge in [0.25, 0.3) is 5.91 Å². The SMILES string of the molecule is O=C(Nc1ccc(-c2cnns2)cc1)c1cc(O)c(O)c(O)c1. The first kappa shape index (κ1) is 14.8. The van der Waals surface area contributed by atoms with E-state index in [1.165, 1.54) is 11.5 Å². The third kappa shape index (κ3) is 3.06. The second-order valence-electron chi connectivity index (χ2n) is 4.68. The number of carbonyl (C=O) groups is 1. The van der Waals surface area contributed by atoms with E-state index in [4.69, 9.17) is 0 Å². The largest absolute Gasteiger partial charge is 0.504 e. The first-order valence-corrected chi connectivity index (χ1v) is 7.26. The van der Waals surface area contributed by atoms with Crippen molar-refractivity contribution in [1.82, 2.24) is 9.59 Å². The topological polar surface area (TPSA) is 116 Å². The second kappa shape index (κ2) is 5.93. The summed E-state index contributed by atoms with van der Waals surface area (Å²) in [5.41, 5.74) is 1.50. The number of phenols is 3. The van der Waals surface area contributed by atoms with E-state index in [9.17, 15) is 20.1 Å².